The normalized spacial score (nSPS) is 13.0. The van der Waals surface area contributed by atoms with Crippen LogP contribution in [-0.2, 0) is 5.41 Å². The molecule has 12 aromatic carbocycles. The molecule has 0 amide bonds. The third kappa shape index (κ3) is 5.43. The zero-order valence-electron chi connectivity index (χ0n) is 38.3. The van der Waals surface area contributed by atoms with Gasteiger partial charge in [-0.1, -0.05) is 218 Å². The lowest BCUT2D eigenvalue weighted by Gasteiger charge is -2.30. The van der Waals surface area contributed by atoms with Gasteiger partial charge in [0, 0.05) is 16.5 Å². The third-order valence-electron chi connectivity index (χ3n) is 15.6. The van der Waals surface area contributed by atoms with E-state index in [1.54, 1.807) is 0 Å². The van der Waals surface area contributed by atoms with Crippen LogP contribution in [0.25, 0.3) is 116 Å². The molecule has 1 nitrogen and oxygen atoms in total. The van der Waals surface area contributed by atoms with E-state index >= 15 is 0 Å². The molecule has 0 radical (unpaired) electrons. The highest BCUT2D eigenvalue weighted by atomic mass is 15.0. The first-order valence-electron chi connectivity index (χ1n) is 24.4. The van der Waals surface area contributed by atoms with Crippen molar-refractivity contribution in [2.24, 2.45) is 0 Å². The Hall–Kier alpha value is -9.04. The molecule has 0 atom stereocenters. The van der Waals surface area contributed by atoms with E-state index in [0.29, 0.717) is 0 Å². The first kappa shape index (κ1) is 39.0. The summed E-state index contributed by atoms with van der Waals surface area (Å²) < 4.78 is 2.43. The summed E-state index contributed by atoms with van der Waals surface area (Å²) in [6, 6.07) is 97.3. The number of para-hydroxylation sites is 1. The van der Waals surface area contributed by atoms with Crippen LogP contribution in [0.15, 0.2) is 261 Å². The van der Waals surface area contributed by atoms with E-state index in [1.165, 1.54) is 132 Å². The van der Waals surface area contributed by atoms with Gasteiger partial charge in [-0.25, -0.2) is 0 Å². The zero-order chi connectivity index (χ0) is 45.9. The van der Waals surface area contributed by atoms with Gasteiger partial charge in [0.1, 0.15) is 0 Å². The van der Waals surface area contributed by atoms with E-state index in [0.717, 1.165) is 5.69 Å². The maximum Gasteiger partial charge on any atom is 0.0725 e. The van der Waals surface area contributed by atoms with Crippen molar-refractivity contribution in [3.63, 3.8) is 0 Å². The van der Waals surface area contributed by atoms with Gasteiger partial charge in [0.15, 0.2) is 0 Å². The van der Waals surface area contributed by atoms with E-state index < -0.39 is 5.41 Å². The quantitative estimate of drug-likeness (QED) is 0.152. The number of hydrogen-bond acceptors (Lipinski definition) is 0. The molecule has 324 valence electrons. The number of rotatable bonds is 5. The third-order valence-corrected chi connectivity index (χ3v) is 15.6. The number of fused-ring (bicyclic) bond motifs is 15. The summed E-state index contributed by atoms with van der Waals surface area (Å²) in [5.74, 6) is 0. The molecule has 0 unspecified atom stereocenters. The van der Waals surface area contributed by atoms with E-state index in [1.807, 2.05) is 0 Å². The summed E-state index contributed by atoms with van der Waals surface area (Å²) in [5.41, 5.74) is 23.7. The molecule has 13 aromatic rings. The van der Waals surface area contributed by atoms with Gasteiger partial charge in [-0.3, -0.25) is 0 Å². The van der Waals surface area contributed by atoms with Crippen LogP contribution in [0, 0.1) is 0 Å². The van der Waals surface area contributed by atoms with Crippen LogP contribution >= 0.6 is 0 Å². The highest BCUT2D eigenvalue weighted by molar-refractivity contribution is 6.21. The summed E-state index contributed by atoms with van der Waals surface area (Å²) in [7, 11) is 0. The highest BCUT2D eigenvalue weighted by Gasteiger charge is 2.51. The Kier molecular flexibility index (Phi) is 8.35. The number of benzene rings is 12. The Morgan fingerprint density at radius 1 is 0.229 bits per heavy atom. The van der Waals surface area contributed by atoms with Crippen LogP contribution in [0.5, 0.6) is 0 Å². The van der Waals surface area contributed by atoms with Crippen molar-refractivity contribution in [3.05, 3.63) is 283 Å². The van der Waals surface area contributed by atoms with Gasteiger partial charge in [0.2, 0.25) is 0 Å². The van der Waals surface area contributed by atoms with Gasteiger partial charge in [-0.05, 0) is 153 Å². The molecule has 0 fully saturated rings. The second-order valence-corrected chi connectivity index (χ2v) is 19.1. The monoisotopic (exact) mass is 885 g/mol. The predicted molar refractivity (Wildman–Crippen MR) is 294 cm³/mol. The van der Waals surface area contributed by atoms with Gasteiger partial charge in [0.25, 0.3) is 0 Å². The number of nitrogens with zero attached hydrogens (tertiary/aromatic N) is 1. The summed E-state index contributed by atoms with van der Waals surface area (Å²) in [4.78, 5) is 0. The average Bonchev–Trinajstić information content (AvgIpc) is 4.04. The molecule has 0 aliphatic heterocycles. The van der Waals surface area contributed by atoms with Gasteiger partial charge in [-0.2, -0.15) is 0 Å². The second-order valence-electron chi connectivity index (χ2n) is 19.1. The molecule has 1 aromatic heterocycles. The molecule has 2 aliphatic rings. The standard InChI is InChI=1S/C69H43N/c1-2-17-44(18-3-1)46-19-16-20-47(41-46)48-36-40-66-60(42-48)55-24-11-15-32-65(55)70(66)50-37-33-45(34-38-50)67-56-25-4-6-27-58(56)68(59-28-7-5-26-57(59)67)49-35-39-54-53-23-10-14-31-63(53)69(64(54)43-49)61-29-12-8-21-51(61)52-22-9-13-30-62(52)69/h1-43H. The Balaban J connectivity index is 0.877. The van der Waals surface area contributed by atoms with Gasteiger partial charge >= 0.3 is 0 Å². The lowest BCUT2D eigenvalue weighted by Crippen LogP contribution is -2.25. The molecule has 0 N–H and O–H groups in total. The van der Waals surface area contributed by atoms with Crippen LogP contribution < -0.4 is 0 Å². The molecule has 1 spiro atoms. The minimum Gasteiger partial charge on any atom is -0.309 e. The van der Waals surface area contributed by atoms with Crippen LogP contribution in [0.3, 0.4) is 0 Å². The van der Waals surface area contributed by atoms with Crippen molar-refractivity contribution in [2.75, 3.05) is 0 Å². The van der Waals surface area contributed by atoms with Crippen molar-refractivity contribution in [1.82, 2.24) is 4.57 Å². The molecule has 70 heavy (non-hydrogen) atoms. The minimum atomic E-state index is -0.407. The molecule has 1 heteroatoms. The van der Waals surface area contributed by atoms with Crippen molar-refractivity contribution < 1.29 is 0 Å². The van der Waals surface area contributed by atoms with Crippen LogP contribution in [0.2, 0.25) is 0 Å². The first-order chi connectivity index (χ1) is 34.7. The van der Waals surface area contributed by atoms with Crippen molar-refractivity contribution in [2.45, 2.75) is 5.41 Å². The Morgan fingerprint density at radius 2 is 0.657 bits per heavy atom. The van der Waals surface area contributed by atoms with Crippen LogP contribution in [0.4, 0.5) is 0 Å². The fourth-order valence-corrected chi connectivity index (χ4v) is 12.7. The summed E-state index contributed by atoms with van der Waals surface area (Å²) in [5, 5.41) is 7.50. The lowest BCUT2D eigenvalue weighted by atomic mass is 9.70. The minimum absolute atomic E-state index is 0.407. The van der Waals surface area contributed by atoms with Crippen LogP contribution in [-0.4, -0.2) is 4.57 Å². The molecule has 0 saturated heterocycles. The van der Waals surface area contributed by atoms with Gasteiger partial charge < -0.3 is 4.57 Å². The molecular formula is C69H43N. The predicted octanol–water partition coefficient (Wildman–Crippen LogP) is 18.1. The maximum absolute atomic E-state index is 2.54. The van der Waals surface area contributed by atoms with E-state index in [9.17, 15) is 0 Å². The van der Waals surface area contributed by atoms with E-state index in [4.69, 9.17) is 0 Å². The topological polar surface area (TPSA) is 4.93 Å². The fourth-order valence-electron chi connectivity index (χ4n) is 12.7. The van der Waals surface area contributed by atoms with E-state index in [-0.39, 0.29) is 0 Å². The van der Waals surface area contributed by atoms with Gasteiger partial charge in [-0.15, -0.1) is 0 Å². The van der Waals surface area contributed by atoms with Crippen molar-refractivity contribution in [1.29, 1.82) is 0 Å². The highest BCUT2D eigenvalue weighted by Crippen LogP contribution is 2.63. The maximum atomic E-state index is 2.54. The van der Waals surface area contributed by atoms with E-state index in [2.05, 4.69) is 265 Å². The molecule has 0 bridgehead atoms. The first-order valence-corrected chi connectivity index (χ1v) is 24.4. The van der Waals surface area contributed by atoms with Crippen LogP contribution in [0.1, 0.15) is 22.3 Å². The second kappa shape index (κ2) is 15.0. The number of hydrogen-bond donors (Lipinski definition) is 0. The summed E-state index contributed by atoms with van der Waals surface area (Å²) in [6.07, 6.45) is 0. The average molecular weight is 886 g/mol. The Bertz CT molecular complexity index is 4160. The number of aromatic nitrogens is 1. The summed E-state index contributed by atoms with van der Waals surface area (Å²) >= 11 is 0. The molecule has 0 saturated carbocycles. The Labute approximate surface area is 406 Å². The largest absolute Gasteiger partial charge is 0.309 e. The smallest absolute Gasteiger partial charge is 0.0725 e. The summed E-state index contributed by atoms with van der Waals surface area (Å²) in [6.45, 7) is 0. The lowest BCUT2D eigenvalue weighted by molar-refractivity contribution is 0.794. The molecule has 1 heterocycles. The SMILES string of the molecule is c1ccc(-c2cccc(-c3ccc4c(c3)c3ccccc3n4-c3ccc(-c4c5ccccc5c(-c5ccc6c(c5)C5(c7ccccc7-c7ccccc75)c5ccccc5-6)c5ccccc45)cc3)c2)cc1. The van der Waals surface area contributed by atoms with Crippen molar-refractivity contribution >= 4 is 43.4 Å². The van der Waals surface area contributed by atoms with Gasteiger partial charge in [0.05, 0.1) is 16.4 Å². The fraction of sp³-hybridized carbons (Fsp3) is 0.0145. The molecule has 2 aliphatic carbocycles. The molecule has 15 rings (SSSR count). The Morgan fingerprint density at radius 3 is 1.27 bits per heavy atom. The molecular weight excluding hydrogens is 843 g/mol. The zero-order valence-corrected chi connectivity index (χ0v) is 38.3. The van der Waals surface area contributed by atoms with Crippen molar-refractivity contribution in [3.8, 4) is 72.4 Å².